The molecule has 1 aliphatic rings. The molecule has 1 fully saturated rings. The minimum absolute atomic E-state index is 0. The summed E-state index contributed by atoms with van der Waals surface area (Å²) in [5, 5.41) is 3.42. The second kappa shape index (κ2) is 8.18. The maximum atomic E-state index is 5.90. The normalized spacial score (nSPS) is 17.3. The second-order valence-corrected chi connectivity index (χ2v) is 5.62. The SMILES string of the molecule is CN(Cc1cccc(Oc2ccccc2)c1)C1CCNC1.Cl. The van der Waals surface area contributed by atoms with Crippen molar-refractivity contribution in [3.8, 4) is 11.5 Å². The van der Waals surface area contributed by atoms with Gasteiger partial charge in [-0.05, 0) is 49.8 Å². The zero-order valence-corrected chi connectivity index (χ0v) is 13.7. The van der Waals surface area contributed by atoms with Gasteiger partial charge < -0.3 is 10.1 Å². The van der Waals surface area contributed by atoms with E-state index in [1.165, 1.54) is 12.0 Å². The van der Waals surface area contributed by atoms with Crippen LogP contribution in [-0.4, -0.2) is 31.1 Å². The van der Waals surface area contributed by atoms with Gasteiger partial charge in [-0.15, -0.1) is 12.4 Å². The van der Waals surface area contributed by atoms with Crippen molar-refractivity contribution in [2.75, 3.05) is 20.1 Å². The zero-order chi connectivity index (χ0) is 14.5. The molecule has 0 aromatic heterocycles. The van der Waals surface area contributed by atoms with Crippen LogP contribution in [0.4, 0.5) is 0 Å². The summed E-state index contributed by atoms with van der Waals surface area (Å²) < 4.78 is 5.90. The van der Waals surface area contributed by atoms with Crippen molar-refractivity contribution in [2.45, 2.75) is 19.0 Å². The number of ether oxygens (including phenoxy) is 1. The summed E-state index contributed by atoms with van der Waals surface area (Å²) >= 11 is 0. The number of halogens is 1. The molecule has 4 heteroatoms. The maximum Gasteiger partial charge on any atom is 0.127 e. The molecule has 118 valence electrons. The van der Waals surface area contributed by atoms with E-state index in [9.17, 15) is 0 Å². The van der Waals surface area contributed by atoms with E-state index in [1.807, 2.05) is 36.4 Å². The first-order valence-electron chi connectivity index (χ1n) is 7.54. The molecule has 0 spiro atoms. The number of likely N-dealkylation sites (N-methyl/N-ethyl adjacent to an activating group) is 1. The van der Waals surface area contributed by atoms with Crippen molar-refractivity contribution in [3.05, 3.63) is 60.2 Å². The summed E-state index contributed by atoms with van der Waals surface area (Å²) in [7, 11) is 2.20. The van der Waals surface area contributed by atoms with Gasteiger partial charge in [0, 0.05) is 19.1 Å². The van der Waals surface area contributed by atoms with Crippen LogP contribution < -0.4 is 10.1 Å². The number of hydrogen-bond donors (Lipinski definition) is 1. The lowest BCUT2D eigenvalue weighted by atomic mass is 10.1. The summed E-state index contributed by atoms with van der Waals surface area (Å²) in [5.41, 5.74) is 1.29. The summed E-state index contributed by atoms with van der Waals surface area (Å²) in [6.45, 7) is 3.18. The van der Waals surface area contributed by atoms with Crippen molar-refractivity contribution >= 4 is 12.4 Å². The standard InChI is InChI=1S/C18H22N2O.ClH/c1-20(16-10-11-19-13-16)14-15-6-5-9-18(12-15)21-17-7-3-2-4-8-17;/h2-9,12,16,19H,10-11,13-14H2,1H3;1H. The van der Waals surface area contributed by atoms with Gasteiger partial charge in [0.25, 0.3) is 0 Å². The monoisotopic (exact) mass is 318 g/mol. The van der Waals surface area contributed by atoms with Gasteiger partial charge in [-0.2, -0.15) is 0 Å². The van der Waals surface area contributed by atoms with Gasteiger partial charge in [-0.25, -0.2) is 0 Å². The lowest BCUT2D eigenvalue weighted by Crippen LogP contribution is -2.32. The third-order valence-corrected chi connectivity index (χ3v) is 3.97. The zero-order valence-electron chi connectivity index (χ0n) is 12.9. The van der Waals surface area contributed by atoms with Crippen molar-refractivity contribution in [1.29, 1.82) is 0 Å². The van der Waals surface area contributed by atoms with Crippen LogP contribution in [0.2, 0.25) is 0 Å². The molecule has 0 amide bonds. The third kappa shape index (κ3) is 4.47. The van der Waals surface area contributed by atoms with Gasteiger partial charge in [0.1, 0.15) is 11.5 Å². The van der Waals surface area contributed by atoms with Crippen LogP contribution in [0.1, 0.15) is 12.0 Å². The highest BCUT2D eigenvalue weighted by molar-refractivity contribution is 5.85. The van der Waals surface area contributed by atoms with Crippen LogP contribution in [0.3, 0.4) is 0 Å². The number of nitrogens with zero attached hydrogens (tertiary/aromatic N) is 1. The second-order valence-electron chi connectivity index (χ2n) is 5.62. The molecule has 1 aliphatic heterocycles. The molecular weight excluding hydrogens is 296 g/mol. The van der Waals surface area contributed by atoms with Crippen LogP contribution in [0.25, 0.3) is 0 Å². The van der Waals surface area contributed by atoms with Gasteiger partial charge in [-0.3, -0.25) is 4.90 Å². The smallest absolute Gasteiger partial charge is 0.127 e. The highest BCUT2D eigenvalue weighted by atomic mass is 35.5. The Hall–Kier alpha value is -1.55. The highest BCUT2D eigenvalue weighted by Crippen LogP contribution is 2.22. The molecule has 22 heavy (non-hydrogen) atoms. The number of para-hydroxylation sites is 1. The average Bonchev–Trinajstić information content (AvgIpc) is 3.03. The van der Waals surface area contributed by atoms with Crippen LogP contribution in [0.5, 0.6) is 11.5 Å². The van der Waals surface area contributed by atoms with Crippen LogP contribution >= 0.6 is 12.4 Å². The molecule has 0 radical (unpaired) electrons. The first kappa shape index (κ1) is 16.8. The largest absolute Gasteiger partial charge is 0.457 e. The van der Waals surface area contributed by atoms with Gasteiger partial charge in [-0.1, -0.05) is 30.3 Å². The molecule has 1 N–H and O–H groups in total. The van der Waals surface area contributed by atoms with E-state index in [1.54, 1.807) is 0 Å². The number of benzene rings is 2. The molecular formula is C18H23ClN2O. The predicted molar refractivity (Wildman–Crippen MR) is 92.9 cm³/mol. The predicted octanol–water partition coefficient (Wildman–Crippen LogP) is 3.69. The van der Waals surface area contributed by atoms with E-state index in [0.29, 0.717) is 6.04 Å². The fourth-order valence-corrected chi connectivity index (χ4v) is 2.76. The molecule has 2 aromatic carbocycles. The van der Waals surface area contributed by atoms with Crippen molar-refractivity contribution in [1.82, 2.24) is 10.2 Å². The Bertz CT molecular complexity index is 570. The quantitative estimate of drug-likeness (QED) is 0.910. The number of rotatable bonds is 5. The van der Waals surface area contributed by atoms with Gasteiger partial charge in [0.2, 0.25) is 0 Å². The lowest BCUT2D eigenvalue weighted by Gasteiger charge is -2.23. The third-order valence-electron chi connectivity index (χ3n) is 3.97. The number of hydrogen-bond acceptors (Lipinski definition) is 3. The maximum absolute atomic E-state index is 5.90. The Morgan fingerprint density at radius 1 is 1.09 bits per heavy atom. The summed E-state index contributed by atoms with van der Waals surface area (Å²) in [4.78, 5) is 2.42. The van der Waals surface area contributed by atoms with Gasteiger partial charge in [0.05, 0.1) is 0 Å². The summed E-state index contributed by atoms with van der Waals surface area (Å²) in [5.74, 6) is 1.78. The van der Waals surface area contributed by atoms with Crippen molar-refractivity contribution in [2.24, 2.45) is 0 Å². The highest BCUT2D eigenvalue weighted by Gasteiger charge is 2.19. The molecule has 0 aliphatic carbocycles. The first-order valence-corrected chi connectivity index (χ1v) is 7.54. The van der Waals surface area contributed by atoms with E-state index in [0.717, 1.165) is 31.1 Å². The molecule has 1 saturated heterocycles. The van der Waals surface area contributed by atoms with Gasteiger partial charge in [0.15, 0.2) is 0 Å². The fraction of sp³-hybridized carbons (Fsp3) is 0.333. The van der Waals surface area contributed by atoms with Crippen LogP contribution in [0.15, 0.2) is 54.6 Å². The molecule has 1 unspecified atom stereocenters. The molecule has 1 heterocycles. The number of nitrogens with one attached hydrogen (secondary N) is 1. The first-order chi connectivity index (χ1) is 10.3. The summed E-state index contributed by atoms with van der Waals surface area (Å²) in [6, 6.07) is 18.9. The Morgan fingerprint density at radius 3 is 2.59 bits per heavy atom. The van der Waals surface area contributed by atoms with E-state index in [4.69, 9.17) is 4.74 Å². The summed E-state index contributed by atoms with van der Waals surface area (Å²) in [6.07, 6.45) is 1.23. The molecule has 2 aromatic rings. The van der Waals surface area contributed by atoms with E-state index in [2.05, 4.69) is 35.5 Å². The molecule has 3 nitrogen and oxygen atoms in total. The molecule has 1 atom stereocenters. The Balaban J connectivity index is 0.00000176. The van der Waals surface area contributed by atoms with E-state index >= 15 is 0 Å². The topological polar surface area (TPSA) is 24.5 Å². The Labute approximate surface area is 138 Å². The minimum Gasteiger partial charge on any atom is -0.457 e. The minimum atomic E-state index is 0. The Morgan fingerprint density at radius 2 is 1.86 bits per heavy atom. The van der Waals surface area contributed by atoms with Crippen molar-refractivity contribution < 1.29 is 4.74 Å². The van der Waals surface area contributed by atoms with Gasteiger partial charge >= 0.3 is 0 Å². The van der Waals surface area contributed by atoms with Crippen LogP contribution in [0, 0.1) is 0 Å². The van der Waals surface area contributed by atoms with Crippen LogP contribution in [-0.2, 0) is 6.54 Å². The van der Waals surface area contributed by atoms with E-state index in [-0.39, 0.29) is 12.4 Å². The van der Waals surface area contributed by atoms with Crippen molar-refractivity contribution in [3.63, 3.8) is 0 Å². The molecule has 0 saturated carbocycles. The van der Waals surface area contributed by atoms with E-state index < -0.39 is 0 Å². The fourth-order valence-electron chi connectivity index (χ4n) is 2.76. The lowest BCUT2D eigenvalue weighted by molar-refractivity contribution is 0.248. The molecule has 0 bridgehead atoms. The Kier molecular flexibility index (Phi) is 6.25. The average molecular weight is 319 g/mol. The molecule has 3 rings (SSSR count).